The van der Waals surface area contributed by atoms with Crippen molar-refractivity contribution in [3.8, 4) is 0 Å². The Morgan fingerprint density at radius 2 is 2.17 bits per heavy atom. The molecule has 1 radical (unpaired) electrons. The van der Waals surface area contributed by atoms with Crippen molar-refractivity contribution in [2.45, 2.75) is 11.5 Å². The number of nitrogens with one attached hydrogen (secondary N) is 1. The molecule has 8 heteroatoms. The van der Waals surface area contributed by atoms with E-state index in [0.717, 1.165) is 21.8 Å². The first-order chi connectivity index (χ1) is 8.17. The number of thiol groups is 1. The summed E-state index contributed by atoms with van der Waals surface area (Å²) in [4.78, 5) is 12.3. The summed E-state index contributed by atoms with van der Waals surface area (Å²) in [6, 6.07) is 7.22. The third-order valence-corrected chi connectivity index (χ3v) is 2.17. The van der Waals surface area contributed by atoms with Crippen molar-refractivity contribution in [1.29, 1.82) is 0 Å². The van der Waals surface area contributed by atoms with Gasteiger partial charge in [-0.1, -0.05) is 12.1 Å². The second-order valence-electron chi connectivity index (χ2n) is 3.01. The normalized spacial score (nSPS) is 9.89. The molecule has 0 aliphatic heterocycles. The summed E-state index contributed by atoms with van der Waals surface area (Å²) in [5.74, 6) is 6.60. The van der Waals surface area contributed by atoms with E-state index >= 15 is 0 Å². The number of nitrogens with zero attached hydrogens (tertiary/aromatic N) is 3. The number of hydrogen-bond donors (Lipinski definition) is 1. The van der Waals surface area contributed by atoms with Crippen LogP contribution >= 0.6 is 12.6 Å². The molecule has 95 valence electrons. The molecule has 1 aromatic rings. The fourth-order valence-electron chi connectivity index (χ4n) is 1.04. The standard InChI is InChI=1S/C10H12N4O2S.Y/c1-12-14(7-13-11)10(15)16-6-8-2-4-9(17)5-3-8;/h2-5,7,11,17H,6H2,1H3;/q-2;/b13-7-;. The van der Waals surface area contributed by atoms with Crippen LogP contribution in [0.4, 0.5) is 4.79 Å². The van der Waals surface area contributed by atoms with Crippen molar-refractivity contribution in [2.24, 2.45) is 5.10 Å². The molecule has 0 fully saturated rings. The Bertz CT molecular complexity index is 399. The van der Waals surface area contributed by atoms with Crippen molar-refractivity contribution in [3.05, 3.63) is 41.1 Å². The minimum absolute atomic E-state index is 0. The Balaban J connectivity index is 0.00000289. The van der Waals surface area contributed by atoms with Crippen LogP contribution in [0.15, 0.2) is 34.3 Å². The molecule has 0 heterocycles. The SMILES string of the molecule is C[N-]N(/C=N\[NH-])C(=O)OCc1ccc(S)cc1.[Y]. The largest absolute Gasteiger partial charge is 0.615 e. The van der Waals surface area contributed by atoms with Crippen LogP contribution in [0.3, 0.4) is 0 Å². The van der Waals surface area contributed by atoms with E-state index in [9.17, 15) is 4.79 Å². The summed E-state index contributed by atoms with van der Waals surface area (Å²) in [6.07, 6.45) is 0.276. The van der Waals surface area contributed by atoms with E-state index in [-0.39, 0.29) is 39.3 Å². The van der Waals surface area contributed by atoms with Gasteiger partial charge in [0.05, 0.1) is 6.34 Å². The third kappa shape index (κ3) is 5.81. The van der Waals surface area contributed by atoms with E-state index in [0.29, 0.717) is 0 Å². The second-order valence-corrected chi connectivity index (χ2v) is 3.53. The van der Waals surface area contributed by atoms with Gasteiger partial charge < -0.3 is 26.1 Å². The number of rotatable bonds is 4. The molecule has 1 N–H and O–H groups in total. The van der Waals surface area contributed by atoms with Gasteiger partial charge in [-0.3, -0.25) is 0 Å². The molecule has 1 aromatic carbocycles. The fraction of sp³-hybridized carbons (Fsp3) is 0.200. The van der Waals surface area contributed by atoms with Crippen molar-refractivity contribution in [2.75, 3.05) is 7.05 Å². The molecule has 0 spiro atoms. The van der Waals surface area contributed by atoms with Gasteiger partial charge in [0, 0.05) is 37.6 Å². The topological polar surface area (TPSA) is 79.8 Å². The van der Waals surface area contributed by atoms with Crippen molar-refractivity contribution < 1.29 is 42.2 Å². The van der Waals surface area contributed by atoms with Crippen LogP contribution in [0.1, 0.15) is 5.56 Å². The van der Waals surface area contributed by atoms with E-state index in [4.69, 9.17) is 10.6 Å². The summed E-state index contributed by atoms with van der Waals surface area (Å²) in [5.41, 5.74) is 4.42. The molecule has 0 saturated carbocycles. The van der Waals surface area contributed by atoms with E-state index in [1.807, 2.05) is 12.1 Å². The average Bonchev–Trinajstić information content (AvgIpc) is 2.35. The predicted molar refractivity (Wildman–Crippen MR) is 67.8 cm³/mol. The molecule has 0 aromatic heterocycles. The fourth-order valence-corrected chi connectivity index (χ4v) is 1.19. The molecule has 0 unspecified atom stereocenters. The van der Waals surface area contributed by atoms with Gasteiger partial charge in [-0.15, -0.1) is 19.7 Å². The molecular formula is C10H12N4O2SY-2. The van der Waals surface area contributed by atoms with Crippen LogP contribution in [0, 0.1) is 0 Å². The number of carbonyl (C=O) groups is 1. The zero-order valence-electron chi connectivity index (χ0n) is 9.78. The van der Waals surface area contributed by atoms with Gasteiger partial charge >= 0.3 is 6.09 Å². The molecule has 0 atom stereocenters. The molecule has 0 saturated heterocycles. The van der Waals surface area contributed by atoms with Crippen LogP contribution in [0.5, 0.6) is 0 Å². The van der Waals surface area contributed by atoms with Gasteiger partial charge in [-0.25, -0.2) is 4.79 Å². The zero-order valence-corrected chi connectivity index (χ0v) is 13.5. The maximum atomic E-state index is 11.4. The van der Waals surface area contributed by atoms with E-state index in [1.165, 1.54) is 7.05 Å². The Hall–Kier alpha value is -0.626. The van der Waals surface area contributed by atoms with E-state index < -0.39 is 6.09 Å². The maximum absolute atomic E-state index is 11.4. The summed E-state index contributed by atoms with van der Waals surface area (Å²) in [5, 5.41) is 3.79. The van der Waals surface area contributed by atoms with Gasteiger partial charge in [0.1, 0.15) is 6.61 Å². The quantitative estimate of drug-likeness (QED) is 0.395. The Kier molecular flexibility index (Phi) is 9.00. The molecule has 0 aliphatic rings. The van der Waals surface area contributed by atoms with Gasteiger partial charge in [-0.05, 0) is 17.7 Å². The van der Waals surface area contributed by atoms with Gasteiger partial charge in [0.15, 0.2) is 0 Å². The smallest absolute Gasteiger partial charge is 0.397 e. The molecule has 6 nitrogen and oxygen atoms in total. The Labute approximate surface area is 136 Å². The van der Waals surface area contributed by atoms with E-state index in [2.05, 4.69) is 23.2 Å². The van der Waals surface area contributed by atoms with Crippen molar-refractivity contribution in [1.82, 2.24) is 5.01 Å². The van der Waals surface area contributed by atoms with Crippen LogP contribution in [-0.4, -0.2) is 24.5 Å². The first-order valence-corrected chi connectivity index (χ1v) is 5.15. The minimum atomic E-state index is -0.682. The number of carbonyl (C=O) groups excluding carboxylic acids is 1. The van der Waals surface area contributed by atoms with Gasteiger partial charge in [0.2, 0.25) is 0 Å². The first-order valence-electron chi connectivity index (χ1n) is 4.71. The second kappa shape index (κ2) is 9.32. The molecule has 1 rings (SSSR count). The number of ether oxygens (including phenoxy) is 1. The summed E-state index contributed by atoms with van der Waals surface area (Å²) in [6.45, 7) is 0.130. The average molecular weight is 341 g/mol. The van der Waals surface area contributed by atoms with Gasteiger partial charge in [0.25, 0.3) is 0 Å². The van der Waals surface area contributed by atoms with Crippen molar-refractivity contribution in [3.63, 3.8) is 0 Å². The summed E-state index contributed by atoms with van der Waals surface area (Å²) >= 11 is 4.15. The monoisotopic (exact) mass is 341 g/mol. The third-order valence-electron chi connectivity index (χ3n) is 1.87. The van der Waals surface area contributed by atoms with Crippen LogP contribution in [0.2, 0.25) is 0 Å². The first kappa shape index (κ1) is 17.4. The zero-order chi connectivity index (χ0) is 12.7. The molecule has 0 aliphatic carbocycles. The molecule has 18 heavy (non-hydrogen) atoms. The molecule has 0 bridgehead atoms. The van der Waals surface area contributed by atoms with Crippen LogP contribution < -0.4 is 0 Å². The minimum Gasteiger partial charge on any atom is -0.615 e. The Morgan fingerprint density at radius 1 is 1.56 bits per heavy atom. The number of benzene rings is 1. The number of hydrogen-bond acceptors (Lipinski definition) is 4. The summed E-state index contributed by atoms with van der Waals surface area (Å²) in [7, 11) is 1.40. The van der Waals surface area contributed by atoms with Crippen LogP contribution in [0.25, 0.3) is 11.3 Å². The van der Waals surface area contributed by atoms with Crippen LogP contribution in [-0.2, 0) is 44.1 Å². The molecular weight excluding hydrogens is 329 g/mol. The maximum Gasteiger partial charge on any atom is 0.397 e. The molecule has 1 amide bonds. The summed E-state index contributed by atoms with van der Waals surface area (Å²) < 4.78 is 4.97. The predicted octanol–water partition coefficient (Wildman–Crippen LogP) is 2.83. The van der Waals surface area contributed by atoms with E-state index in [1.54, 1.807) is 12.1 Å². The van der Waals surface area contributed by atoms with Gasteiger partial charge in [-0.2, -0.15) is 0 Å². The van der Waals surface area contributed by atoms with Crippen molar-refractivity contribution >= 4 is 25.1 Å². The number of amides is 1. The Morgan fingerprint density at radius 3 is 2.67 bits per heavy atom.